The summed E-state index contributed by atoms with van der Waals surface area (Å²) >= 11 is 0. The summed E-state index contributed by atoms with van der Waals surface area (Å²) in [7, 11) is 4.14. The quantitative estimate of drug-likeness (QED) is 0.212. The maximum absolute atomic E-state index is 6.49. The maximum atomic E-state index is 6.49. The van der Waals surface area contributed by atoms with Crippen molar-refractivity contribution in [3.05, 3.63) is 133 Å². The molecule has 0 N–H and O–H groups in total. The van der Waals surface area contributed by atoms with Gasteiger partial charge in [-0.3, -0.25) is 4.57 Å². The molecule has 0 aliphatic heterocycles. The van der Waals surface area contributed by atoms with E-state index in [4.69, 9.17) is 9.40 Å². The lowest BCUT2D eigenvalue weighted by Gasteiger charge is -2.15. The van der Waals surface area contributed by atoms with Gasteiger partial charge in [0.05, 0.1) is 27.5 Å². The summed E-state index contributed by atoms with van der Waals surface area (Å²) in [5.74, 6) is 0.924. The molecule has 0 unspecified atom stereocenters. The summed E-state index contributed by atoms with van der Waals surface area (Å²) in [6, 6.07) is 47.0. The molecule has 0 amide bonds. The molecule has 0 fully saturated rings. The summed E-state index contributed by atoms with van der Waals surface area (Å²) in [5.41, 5.74) is 10.5. The molecule has 5 nitrogen and oxygen atoms in total. The van der Waals surface area contributed by atoms with Crippen LogP contribution in [0, 0.1) is 0 Å². The molecular formula is C39H28N4O. The summed E-state index contributed by atoms with van der Waals surface area (Å²) in [6.07, 6.45) is 0. The van der Waals surface area contributed by atoms with Crippen LogP contribution in [0.25, 0.3) is 77.5 Å². The van der Waals surface area contributed by atoms with Gasteiger partial charge in [-0.2, -0.15) is 0 Å². The lowest BCUT2D eigenvalue weighted by Crippen LogP contribution is -2.08. The number of imidazole rings is 1. The van der Waals surface area contributed by atoms with Gasteiger partial charge in [-0.05, 0) is 66.7 Å². The minimum absolute atomic E-state index is 0.912. The molecule has 0 saturated heterocycles. The molecule has 5 heteroatoms. The van der Waals surface area contributed by atoms with Gasteiger partial charge in [-0.1, -0.05) is 66.7 Å². The van der Waals surface area contributed by atoms with E-state index in [1.54, 1.807) is 0 Å². The predicted octanol–water partition coefficient (Wildman–Crippen LogP) is 9.75. The topological polar surface area (TPSA) is 39.1 Å². The van der Waals surface area contributed by atoms with Crippen molar-refractivity contribution in [2.75, 3.05) is 19.0 Å². The fourth-order valence-corrected chi connectivity index (χ4v) is 6.65. The van der Waals surface area contributed by atoms with Gasteiger partial charge in [-0.15, -0.1) is 0 Å². The first-order valence-corrected chi connectivity index (χ1v) is 14.9. The number of anilines is 1. The second-order valence-corrected chi connectivity index (χ2v) is 11.5. The Morgan fingerprint density at radius 1 is 0.568 bits per heavy atom. The highest BCUT2D eigenvalue weighted by Gasteiger charge is 2.19. The van der Waals surface area contributed by atoms with E-state index >= 15 is 0 Å². The number of para-hydroxylation sites is 2. The Balaban J connectivity index is 1.26. The van der Waals surface area contributed by atoms with Crippen molar-refractivity contribution < 1.29 is 4.42 Å². The second-order valence-electron chi connectivity index (χ2n) is 11.5. The maximum Gasteiger partial charge on any atom is 0.145 e. The lowest BCUT2D eigenvalue weighted by molar-refractivity contribution is 0.673. The van der Waals surface area contributed by atoms with Gasteiger partial charge in [0, 0.05) is 52.9 Å². The van der Waals surface area contributed by atoms with Crippen molar-refractivity contribution in [3.8, 4) is 22.8 Å². The highest BCUT2D eigenvalue weighted by Crippen LogP contribution is 2.40. The Hall–Kier alpha value is -5.81. The number of rotatable bonds is 4. The molecule has 0 aliphatic carbocycles. The third-order valence-electron chi connectivity index (χ3n) is 8.73. The Morgan fingerprint density at radius 2 is 1.27 bits per heavy atom. The van der Waals surface area contributed by atoms with Crippen molar-refractivity contribution in [2.24, 2.45) is 0 Å². The molecule has 3 heterocycles. The van der Waals surface area contributed by atoms with Crippen molar-refractivity contribution >= 4 is 60.5 Å². The number of hydrogen-bond acceptors (Lipinski definition) is 3. The van der Waals surface area contributed by atoms with E-state index in [2.05, 4.69) is 143 Å². The Labute approximate surface area is 253 Å². The third-order valence-corrected chi connectivity index (χ3v) is 8.73. The number of furan rings is 1. The van der Waals surface area contributed by atoms with Gasteiger partial charge in [-0.25, -0.2) is 4.98 Å². The van der Waals surface area contributed by atoms with Crippen molar-refractivity contribution in [2.45, 2.75) is 0 Å². The highest BCUT2D eigenvalue weighted by atomic mass is 16.3. The smallest absolute Gasteiger partial charge is 0.145 e. The first kappa shape index (κ1) is 24.8. The molecule has 9 rings (SSSR count). The molecular weight excluding hydrogens is 540 g/mol. The predicted molar refractivity (Wildman–Crippen MR) is 182 cm³/mol. The van der Waals surface area contributed by atoms with Crippen LogP contribution >= 0.6 is 0 Å². The Kier molecular flexibility index (Phi) is 5.26. The van der Waals surface area contributed by atoms with Crippen LogP contribution in [0.4, 0.5) is 5.69 Å². The standard InChI is InChI=1S/C39H28N4O/c1-41(2)28-20-22-32-35(24-28)43(39(40-32)25-10-4-3-5-11-25)27-18-16-26(17-19-27)42-33-14-8-6-13-31(33)37-34(42)23-21-30-29-12-7-9-15-36(29)44-38(30)37/h3-24H,1-2H3. The van der Waals surface area contributed by atoms with E-state index in [1.807, 2.05) is 18.2 Å². The third kappa shape index (κ3) is 3.56. The van der Waals surface area contributed by atoms with Gasteiger partial charge in [0.1, 0.15) is 17.0 Å². The van der Waals surface area contributed by atoms with E-state index in [-0.39, 0.29) is 0 Å². The fourth-order valence-electron chi connectivity index (χ4n) is 6.65. The molecule has 0 atom stereocenters. The molecule has 0 bridgehead atoms. The number of aromatic nitrogens is 3. The molecule has 6 aromatic carbocycles. The zero-order valence-electron chi connectivity index (χ0n) is 24.4. The molecule has 44 heavy (non-hydrogen) atoms. The van der Waals surface area contributed by atoms with E-state index in [0.717, 1.165) is 77.8 Å². The molecule has 210 valence electrons. The van der Waals surface area contributed by atoms with Crippen molar-refractivity contribution in [1.82, 2.24) is 14.1 Å². The van der Waals surface area contributed by atoms with Crippen LogP contribution in [0.15, 0.2) is 138 Å². The van der Waals surface area contributed by atoms with E-state index < -0.39 is 0 Å². The van der Waals surface area contributed by atoms with Crippen LogP contribution in [0.1, 0.15) is 0 Å². The van der Waals surface area contributed by atoms with E-state index in [9.17, 15) is 0 Å². The summed E-state index contributed by atoms with van der Waals surface area (Å²) < 4.78 is 11.1. The minimum Gasteiger partial charge on any atom is -0.455 e. The summed E-state index contributed by atoms with van der Waals surface area (Å²) in [5, 5.41) is 4.61. The van der Waals surface area contributed by atoms with Crippen LogP contribution < -0.4 is 4.90 Å². The average molecular weight is 569 g/mol. The Morgan fingerprint density at radius 3 is 2.07 bits per heavy atom. The van der Waals surface area contributed by atoms with Crippen molar-refractivity contribution in [3.63, 3.8) is 0 Å². The summed E-state index contributed by atoms with van der Waals surface area (Å²) in [4.78, 5) is 7.22. The normalized spacial score (nSPS) is 11.9. The number of benzene rings is 6. The lowest BCUT2D eigenvalue weighted by atomic mass is 10.1. The number of fused-ring (bicyclic) bond motifs is 8. The van der Waals surface area contributed by atoms with Gasteiger partial charge in [0.25, 0.3) is 0 Å². The first-order chi connectivity index (χ1) is 21.7. The molecule has 0 spiro atoms. The molecule has 0 radical (unpaired) electrons. The SMILES string of the molecule is CN(C)c1ccc2nc(-c3ccccc3)n(-c3ccc(-n4c5ccccc5c5c6oc7ccccc7c6ccc54)cc3)c2c1. The van der Waals surface area contributed by atoms with Crippen LogP contribution in [-0.2, 0) is 0 Å². The Bertz CT molecular complexity index is 2510. The zero-order valence-corrected chi connectivity index (χ0v) is 24.4. The van der Waals surface area contributed by atoms with E-state index in [0.29, 0.717) is 0 Å². The fraction of sp³-hybridized carbons (Fsp3) is 0.0513. The molecule has 0 saturated carbocycles. The van der Waals surface area contributed by atoms with E-state index in [1.165, 1.54) is 5.39 Å². The largest absolute Gasteiger partial charge is 0.455 e. The van der Waals surface area contributed by atoms with Crippen LogP contribution in [0.5, 0.6) is 0 Å². The van der Waals surface area contributed by atoms with Crippen LogP contribution in [0.2, 0.25) is 0 Å². The minimum atomic E-state index is 0.912. The highest BCUT2D eigenvalue weighted by molar-refractivity contribution is 6.23. The molecule has 9 aromatic rings. The van der Waals surface area contributed by atoms with Gasteiger partial charge in [0.2, 0.25) is 0 Å². The van der Waals surface area contributed by atoms with Crippen molar-refractivity contribution in [1.29, 1.82) is 0 Å². The summed E-state index contributed by atoms with van der Waals surface area (Å²) in [6.45, 7) is 0. The molecule has 3 aromatic heterocycles. The number of nitrogens with zero attached hydrogens (tertiary/aromatic N) is 4. The second kappa shape index (κ2) is 9.35. The van der Waals surface area contributed by atoms with Gasteiger partial charge >= 0.3 is 0 Å². The number of hydrogen-bond donors (Lipinski definition) is 0. The zero-order chi connectivity index (χ0) is 29.4. The first-order valence-electron chi connectivity index (χ1n) is 14.9. The van der Waals surface area contributed by atoms with Gasteiger partial charge in [0.15, 0.2) is 0 Å². The molecule has 0 aliphatic rings. The monoisotopic (exact) mass is 568 g/mol. The van der Waals surface area contributed by atoms with Crippen LogP contribution in [0.3, 0.4) is 0 Å². The van der Waals surface area contributed by atoms with Gasteiger partial charge < -0.3 is 13.9 Å². The average Bonchev–Trinajstić information content (AvgIpc) is 3.74. The van der Waals surface area contributed by atoms with Crippen LogP contribution in [-0.4, -0.2) is 28.2 Å².